The first-order valence-electron chi connectivity index (χ1n) is 11.7. The number of anilines is 1. The number of hydrogen-bond acceptors (Lipinski definition) is 9. The van der Waals surface area contributed by atoms with E-state index in [2.05, 4.69) is 12.5 Å². The number of ether oxygens (including phenoxy) is 2. The fourth-order valence-electron chi connectivity index (χ4n) is 3.51. The normalized spacial score (nSPS) is 12.5. The molecular formula is C25H34N2O8S3. The third-order valence-corrected chi connectivity index (χ3v) is 10.3. The number of hydrogen-bond donors (Lipinski definition) is 0. The summed E-state index contributed by atoms with van der Waals surface area (Å²) in [7, 11) is -7.37. The third kappa shape index (κ3) is 9.07. The number of nitrogens with zero attached hydrogens (tertiary/aromatic N) is 2. The van der Waals surface area contributed by atoms with E-state index in [1.54, 1.807) is 18.2 Å². The van der Waals surface area contributed by atoms with Crippen LogP contribution in [0.3, 0.4) is 0 Å². The molecule has 38 heavy (non-hydrogen) atoms. The Labute approximate surface area is 226 Å². The van der Waals surface area contributed by atoms with Gasteiger partial charge in [0.25, 0.3) is 0 Å². The van der Waals surface area contributed by atoms with Crippen LogP contribution in [0.4, 0.5) is 5.69 Å². The Morgan fingerprint density at radius 2 is 1.47 bits per heavy atom. The molecule has 2 aromatic carbocycles. The number of benzene rings is 2. The summed E-state index contributed by atoms with van der Waals surface area (Å²) in [4.78, 5) is 1.93. The molecule has 2 aromatic rings. The van der Waals surface area contributed by atoms with Crippen LogP contribution in [0, 0.1) is 12.3 Å². The maximum atomic E-state index is 13.5. The van der Waals surface area contributed by atoms with Crippen LogP contribution >= 0.6 is 0 Å². The molecule has 0 unspecified atom stereocenters. The summed E-state index contributed by atoms with van der Waals surface area (Å²) in [5, 5.41) is 2.12. The minimum absolute atomic E-state index is 0.0251. The van der Waals surface area contributed by atoms with Crippen molar-refractivity contribution in [1.29, 1.82) is 0 Å². The highest BCUT2D eigenvalue weighted by Crippen LogP contribution is 2.31. The second-order valence-electron chi connectivity index (χ2n) is 8.48. The van der Waals surface area contributed by atoms with E-state index >= 15 is 0 Å². The van der Waals surface area contributed by atoms with Crippen molar-refractivity contribution in [2.75, 3.05) is 75.8 Å². The summed E-state index contributed by atoms with van der Waals surface area (Å²) >= 11 is 0. The lowest BCUT2D eigenvalue weighted by Gasteiger charge is -2.22. The molecular weight excluding hydrogens is 552 g/mol. The summed E-state index contributed by atoms with van der Waals surface area (Å²) in [6.07, 6.45) is 5.42. The van der Waals surface area contributed by atoms with Crippen LogP contribution in [0.5, 0.6) is 0 Å². The molecule has 0 aliphatic carbocycles. The van der Waals surface area contributed by atoms with Gasteiger partial charge in [-0.2, -0.15) is 4.31 Å². The molecule has 210 valence electrons. The molecule has 0 atom stereocenters. The molecule has 0 spiro atoms. The van der Waals surface area contributed by atoms with Crippen molar-refractivity contribution in [1.82, 2.24) is 4.31 Å². The first-order chi connectivity index (χ1) is 17.8. The summed E-state index contributed by atoms with van der Waals surface area (Å²) in [5.74, 6) is 1.37. The van der Waals surface area contributed by atoms with Crippen molar-refractivity contribution >= 4 is 46.2 Å². The fraction of sp³-hybridized carbons (Fsp3) is 0.440. The first kappa shape index (κ1) is 31.7. The number of rotatable bonds is 17. The molecule has 0 amide bonds. The molecule has 0 heterocycles. The highest BCUT2D eigenvalue weighted by atomic mass is 32.2. The molecule has 0 aromatic heterocycles. The van der Waals surface area contributed by atoms with Gasteiger partial charge >= 0.3 is 0 Å². The minimum atomic E-state index is -4.09. The van der Waals surface area contributed by atoms with Crippen LogP contribution in [0.2, 0.25) is 0 Å². The van der Waals surface area contributed by atoms with Crippen molar-refractivity contribution in [2.24, 2.45) is 0 Å². The fourth-order valence-corrected chi connectivity index (χ4v) is 6.78. The van der Waals surface area contributed by atoms with Crippen LogP contribution in [0.25, 0.3) is 10.8 Å². The molecule has 0 aliphatic rings. The van der Waals surface area contributed by atoms with Gasteiger partial charge in [0.05, 0.1) is 55.1 Å². The smallest absolute Gasteiger partial charge is 0.244 e. The van der Waals surface area contributed by atoms with Gasteiger partial charge < -0.3 is 14.4 Å². The maximum Gasteiger partial charge on any atom is 0.244 e. The lowest BCUT2D eigenvalue weighted by atomic mass is 10.1. The van der Waals surface area contributed by atoms with Crippen molar-refractivity contribution in [3.05, 3.63) is 48.4 Å². The van der Waals surface area contributed by atoms with E-state index < -0.39 is 35.5 Å². The van der Waals surface area contributed by atoms with Gasteiger partial charge in [-0.05, 0) is 12.1 Å². The van der Waals surface area contributed by atoms with E-state index in [9.17, 15) is 25.3 Å². The predicted molar refractivity (Wildman–Crippen MR) is 150 cm³/mol. The highest BCUT2D eigenvalue weighted by Gasteiger charge is 2.27. The highest BCUT2D eigenvalue weighted by molar-refractivity contribution is 7.94. The van der Waals surface area contributed by atoms with Gasteiger partial charge in [-0.3, -0.25) is 0 Å². The van der Waals surface area contributed by atoms with Gasteiger partial charge in [-0.25, -0.2) is 25.3 Å². The van der Waals surface area contributed by atoms with E-state index in [4.69, 9.17) is 15.9 Å². The number of terminal acetylenes is 1. The zero-order valence-electron chi connectivity index (χ0n) is 21.6. The molecule has 0 bridgehead atoms. The molecule has 0 saturated carbocycles. The second kappa shape index (κ2) is 14.1. The lowest BCUT2D eigenvalue weighted by Crippen LogP contribution is -2.36. The third-order valence-electron chi connectivity index (χ3n) is 5.55. The summed E-state index contributed by atoms with van der Waals surface area (Å²) < 4.78 is 86.1. The number of sulfonamides is 1. The van der Waals surface area contributed by atoms with Crippen LogP contribution in [0.15, 0.2) is 53.3 Å². The van der Waals surface area contributed by atoms with E-state index in [0.717, 1.165) is 20.8 Å². The van der Waals surface area contributed by atoms with Crippen LogP contribution in [-0.4, -0.2) is 100 Å². The average molecular weight is 587 g/mol. The van der Waals surface area contributed by atoms with E-state index in [1.807, 2.05) is 31.1 Å². The van der Waals surface area contributed by atoms with Crippen molar-refractivity contribution in [2.45, 2.75) is 4.90 Å². The van der Waals surface area contributed by atoms with Gasteiger partial charge in [0, 0.05) is 42.5 Å². The predicted octanol–water partition coefficient (Wildman–Crippen LogP) is 1.54. The first-order valence-corrected chi connectivity index (χ1v) is 16.7. The van der Waals surface area contributed by atoms with Crippen molar-refractivity contribution in [3.63, 3.8) is 0 Å². The Balaban J connectivity index is 1.99. The molecule has 0 aliphatic heterocycles. The Morgan fingerprint density at radius 3 is 2.08 bits per heavy atom. The summed E-state index contributed by atoms with van der Waals surface area (Å²) in [6, 6.07) is 10.3. The molecule has 0 N–H and O–H groups in total. The van der Waals surface area contributed by atoms with Gasteiger partial charge in [-0.1, -0.05) is 36.8 Å². The summed E-state index contributed by atoms with van der Waals surface area (Å²) in [6.45, 7) is 2.66. The second-order valence-corrected chi connectivity index (χ2v) is 14.8. The molecule has 0 saturated heterocycles. The number of fused-ring (bicyclic) bond motifs is 1. The molecule has 13 heteroatoms. The monoisotopic (exact) mass is 586 g/mol. The molecule has 0 radical (unpaired) electrons. The molecule has 2 rings (SSSR count). The summed E-state index contributed by atoms with van der Waals surface area (Å²) in [5.41, 5.74) is 0.845. The van der Waals surface area contributed by atoms with Gasteiger partial charge in [0.15, 0.2) is 19.7 Å². The van der Waals surface area contributed by atoms with Crippen molar-refractivity contribution < 1.29 is 34.7 Å². The van der Waals surface area contributed by atoms with Crippen LogP contribution in [0.1, 0.15) is 0 Å². The van der Waals surface area contributed by atoms with Crippen LogP contribution < -0.4 is 4.90 Å². The SMILES string of the molecule is C#CCN(CCS(=O)(=O)CCOCCOCCS(=O)(=O)C=C)S(=O)(=O)c1cccc2c(N(C)C)cccc12. The largest absolute Gasteiger partial charge is 0.378 e. The van der Waals surface area contributed by atoms with E-state index in [-0.39, 0.29) is 55.9 Å². The van der Waals surface area contributed by atoms with Crippen molar-refractivity contribution in [3.8, 4) is 12.3 Å². The standard InChI is InChI=1S/C25H34N2O8S3/c1-5-13-27(14-19-37(30,31)21-18-35-16-15-34-17-20-36(28,29)6-2)38(32,33)25-12-8-9-22-23(25)10-7-11-24(22)26(3)4/h1,6-12H,2,13-21H2,3-4H3. The Kier molecular flexibility index (Phi) is 11.8. The minimum Gasteiger partial charge on any atom is -0.378 e. The average Bonchev–Trinajstić information content (AvgIpc) is 2.87. The Bertz CT molecular complexity index is 1460. The Hall–Kier alpha value is -2.47. The van der Waals surface area contributed by atoms with Gasteiger partial charge in [-0.15, -0.1) is 6.42 Å². The zero-order chi connectivity index (χ0) is 28.4. The topological polar surface area (TPSA) is 127 Å². The Morgan fingerprint density at radius 1 is 0.868 bits per heavy atom. The van der Waals surface area contributed by atoms with E-state index in [0.29, 0.717) is 5.39 Å². The number of sulfone groups is 2. The quantitative estimate of drug-likeness (QED) is 0.200. The zero-order valence-corrected chi connectivity index (χ0v) is 24.0. The molecule has 0 fully saturated rings. The lowest BCUT2D eigenvalue weighted by molar-refractivity contribution is 0.0597. The molecule has 10 nitrogen and oxygen atoms in total. The van der Waals surface area contributed by atoms with Crippen LogP contribution in [-0.2, 0) is 39.2 Å². The van der Waals surface area contributed by atoms with Gasteiger partial charge in [0.2, 0.25) is 10.0 Å². The van der Waals surface area contributed by atoms with E-state index in [1.165, 1.54) is 6.07 Å². The van der Waals surface area contributed by atoms with Gasteiger partial charge in [0.1, 0.15) is 0 Å². The maximum absolute atomic E-state index is 13.5.